The lowest BCUT2D eigenvalue weighted by Gasteiger charge is -2.19. The minimum atomic E-state index is -3.16. The monoisotopic (exact) mass is 363 g/mol. The maximum Gasteiger partial charge on any atom is 0.338 e. The standard InChI is InChI=1S/C14H13Cl3NO2P/c1-9-3-4-11(16)8-14(9)20-21(2,19)18-13-6-5-10(15)7-12(13)17/h3-8H,1-2H3,(H,18,19)/t21-/m0/s1. The zero-order valence-corrected chi connectivity index (χ0v) is 14.5. The zero-order valence-electron chi connectivity index (χ0n) is 11.4. The van der Waals surface area contributed by atoms with E-state index in [9.17, 15) is 4.57 Å². The van der Waals surface area contributed by atoms with Crippen molar-refractivity contribution < 1.29 is 9.09 Å². The number of nitrogens with one attached hydrogen (secondary N) is 1. The lowest BCUT2D eigenvalue weighted by Crippen LogP contribution is -2.03. The van der Waals surface area contributed by atoms with Crippen molar-refractivity contribution in [1.82, 2.24) is 0 Å². The third-order valence-corrected chi connectivity index (χ3v) is 4.65. The minimum absolute atomic E-state index is 0.371. The molecular weight excluding hydrogens is 351 g/mol. The molecule has 2 rings (SSSR count). The van der Waals surface area contributed by atoms with Crippen molar-refractivity contribution >= 4 is 48.0 Å². The van der Waals surface area contributed by atoms with Crippen LogP contribution < -0.4 is 9.61 Å². The van der Waals surface area contributed by atoms with E-state index in [0.717, 1.165) is 5.56 Å². The summed E-state index contributed by atoms with van der Waals surface area (Å²) >= 11 is 17.8. The number of halogens is 3. The summed E-state index contributed by atoms with van der Waals surface area (Å²) in [4.78, 5) is 0. The van der Waals surface area contributed by atoms with Crippen LogP contribution in [0.2, 0.25) is 15.1 Å². The molecule has 2 aromatic carbocycles. The van der Waals surface area contributed by atoms with Crippen molar-refractivity contribution in [3.05, 3.63) is 57.0 Å². The van der Waals surface area contributed by atoms with Crippen LogP contribution in [0.25, 0.3) is 0 Å². The van der Waals surface area contributed by atoms with E-state index in [1.165, 1.54) is 6.66 Å². The molecule has 3 nitrogen and oxygen atoms in total. The Labute approximate surface area is 138 Å². The van der Waals surface area contributed by atoms with E-state index in [4.69, 9.17) is 39.3 Å². The summed E-state index contributed by atoms with van der Waals surface area (Å²) in [6.45, 7) is 3.32. The van der Waals surface area contributed by atoms with Gasteiger partial charge in [0.1, 0.15) is 5.75 Å². The highest BCUT2D eigenvalue weighted by Gasteiger charge is 2.20. The summed E-state index contributed by atoms with van der Waals surface area (Å²) in [7, 11) is -3.16. The second-order valence-electron chi connectivity index (χ2n) is 4.58. The zero-order chi connectivity index (χ0) is 15.6. The molecule has 0 aliphatic carbocycles. The predicted octanol–water partition coefficient (Wildman–Crippen LogP) is 6.27. The molecule has 112 valence electrons. The Hall–Kier alpha value is -0.860. The molecule has 2 aromatic rings. The van der Waals surface area contributed by atoms with Crippen LogP contribution in [0.3, 0.4) is 0 Å². The molecule has 0 aromatic heterocycles. The maximum absolute atomic E-state index is 12.6. The smallest absolute Gasteiger partial charge is 0.338 e. The van der Waals surface area contributed by atoms with Gasteiger partial charge in [0.2, 0.25) is 0 Å². The lowest BCUT2D eigenvalue weighted by atomic mass is 10.2. The van der Waals surface area contributed by atoms with Crippen LogP contribution in [0.1, 0.15) is 5.56 Å². The van der Waals surface area contributed by atoms with E-state index >= 15 is 0 Å². The van der Waals surface area contributed by atoms with Crippen LogP contribution in [-0.2, 0) is 4.57 Å². The van der Waals surface area contributed by atoms with E-state index in [0.29, 0.717) is 26.5 Å². The quantitative estimate of drug-likeness (QED) is 0.650. The Morgan fingerprint density at radius 1 is 1.05 bits per heavy atom. The lowest BCUT2D eigenvalue weighted by molar-refractivity contribution is 0.492. The molecule has 0 amide bonds. The molecule has 21 heavy (non-hydrogen) atoms. The first kappa shape index (κ1) is 16.5. The number of benzene rings is 2. The van der Waals surface area contributed by atoms with Crippen LogP contribution in [0.5, 0.6) is 5.75 Å². The summed E-state index contributed by atoms with van der Waals surface area (Å²) in [6.07, 6.45) is 0. The maximum atomic E-state index is 12.6. The molecule has 0 aliphatic heterocycles. The van der Waals surface area contributed by atoms with E-state index in [1.54, 1.807) is 36.4 Å². The fraction of sp³-hybridized carbons (Fsp3) is 0.143. The molecule has 7 heteroatoms. The summed E-state index contributed by atoms with van der Waals surface area (Å²) in [6, 6.07) is 10.0. The normalized spacial score (nSPS) is 13.6. The number of hydrogen-bond donors (Lipinski definition) is 1. The molecule has 0 bridgehead atoms. The number of hydrogen-bond acceptors (Lipinski definition) is 2. The van der Waals surface area contributed by atoms with Gasteiger partial charge in [-0.05, 0) is 42.8 Å². The fourth-order valence-corrected chi connectivity index (χ4v) is 3.62. The third kappa shape index (κ3) is 4.55. The van der Waals surface area contributed by atoms with Crippen LogP contribution in [0.15, 0.2) is 36.4 Å². The molecule has 0 aliphatic rings. The van der Waals surface area contributed by atoms with Crippen molar-refractivity contribution in [2.24, 2.45) is 0 Å². The van der Waals surface area contributed by atoms with Gasteiger partial charge in [0.25, 0.3) is 0 Å². The van der Waals surface area contributed by atoms with Gasteiger partial charge in [-0.15, -0.1) is 0 Å². The summed E-state index contributed by atoms with van der Waals surface area (Å²) in [5, 5.41) is 4.20. The molecule has 1 atom stereocenters. The molecule has 0 unspecified atom stereocenters. The molecule has 0 heterocycles. The van der Waals surface area contributed by atoms with Crippen molar-refractivity contribution in [3.63, 3.8) is 0 Å². The molecule has 0 radical (unpaired) electrons. The van der Waals surface area contributed by atoms with Crippen LogP contribution in [0.4, 0.5) is 5.69 Å². The summed E-state index contributed by atoms with van der Waals surface area (Å²) < 4.78 is 18.2. The average Bonchev–Trinajstić information content (AvgIpc) is 2.37. The Kier molecular flexibility index (Phi) is 5.11. The van der Waals surface area contributed by atoms with Gasteiger partial charge in [-0.3, -0.25) is 4.57 Å². The number of aryl methyl sites for hydroxylation is 1. The third-order valence-electron chi connectivity index (χ3n) is 2.68. The van der Waals surface area contributed by atoms with Crippen molar-refractivity contribution in [2.75, 3.05) is 11.8 Å². The van der Waals surface area contributed by atoms with Crippen LogP contribution >= 0.6 is 42.3 Å². The molecular formula is C14H13Cl3NO2P. The van der Waals surface area contributed by atoms with Gasteiger partial charge >= 0.3 is 7.52 Å². The van der Waals surface area contributed by atoms with Crippen LogP contribution in [-0.4, -0.2) is 6.66 Å². The topological polar surface area (TPSA) is 38.3 Å². The van der Waals surface area contributed by atoms with Gasteiger partial charge < -0.3 is 9.61 Å². The molecule has 0 saturated heterocycles. The van der Waals surface area contributed by atoms with Crippen molar-refractivity contribution in [1.29, 1.82) is 0 Å². The van der Waals surface area contributed by atoms with E-state index < -0.39 is 7.52 Å². The van der Waals surface area contributed by atoms with Gasteiger partial charge in [-0.2, -0.15) is 0 Å². The van der Waals surface area contributed by atoms with Crippen molar-refractivity contribution in [2.45, 2.75) is 6.92 Å². The summed E-state index contributed by atoms with van der Waals surface area (Å²) in [5.41, 5.74) is 1.33. The van der Waals surface area contributed by atoms with E-state index in [2.05, 4.69) is 5.09 Å². The molecule has 0 spiro atoms. The predicted molar refractivity (Wildman–Crippen MR) is 90.4 cm³/mol. The first-order chi connectivity index (χ1) is 9.77. The Balaban J connectivity index is 2.22. The second-order valence-corrected chi connectivity index (χ2v) is 7.96. The van der Waals surface area contributed by atoms with Crippen LogP contribution in [0, 0.1) is 6.92 Å². The number of anilines is 1. The van der Waals surface area contributed by atoms with Gasteiger partial charge in [0, 0.05) is 16.7 Å². The molecule has 0 saturated carbocycles. The molecule has 0 fully saturated rings. The Morgan fingerprint density at radius 3 is 2.33 bits per heavy atom. The highest BCUT2D eigenvalue weighted by Crippen LogP contribution is 2.46. The van der Waals surface area contributed by atoms with Gasteiger partial charge in [0.05, 0.1) is 10.7 Å². The average molecular weight is 365 g/mol. The van der Waals surface area contributed by atoms with Gasteiger partial charge in [-0.1, -0.05) is 40.9 Å². The second kappa shape index (κ2) is 6.50. The number of rotatable bonds is 4. The van der Waals surface area contributed by atoms with Gasteiger partial charge in [0.15, 0.2) is 0 Å². The van der Waals surface area contributed by atoms with Gasteiger partial charge in [-0.25, -0.2) is 0 Å². The van der Waals surface area contributed by atoms with E-state index in [-0.39, 0.29) is 0 Å². The highest BCUT2D eigenvalue weighted by atomic mass is 35.5. The molecule has 1 N–H and O–H groups in total. The summed E-state index contributed by atoms with van der Waals surface area (Å²) in [5.74, 6) is 0.464. The van der Waals surface area contributed by atoms with E-state index in [1.807, 2.05) is 6.92 Å². The highest BCUT2D eigenvalue weighted by molar-refractivity contribution is 7.60. The largest absolute Gasteiger partial charge is 0.429 e. The Morgan fingerprint density at radius 2 is 1.67 bits per heavy atom. The van der Waals surface area contributed by atoms with Crippen molar-refractivity contribution in [3.8, 4) is 5.75 Å². The first-order valence-corrected chi connectivity index (χ1v) is 9.24. The fourth-order valence-electron chi connectivity index (χ4n) is 1.68. The minimum Gasteiger partial charge on any atom is -0.429 e. The SMILES string of the molecule is Cc1ccc(Cl)cc1O[P@](C)(=O)Nc1ccc(Cl)cc1Cl. The Bertz CT molecular complexity index is 721. The first-order valence-electron chi connectivity index (χ1n) is 6.03.